The highest BCUT2D eigenvalue weighted by atomic mass is 35.5. The van der Waals surface area contributed by atoms with E-state index < -0.39 is 0 Å². The van der Waals surface area contributed by atoms with Crippen molar-refractivity contribution >= 4 is 34.8 Å². The topological polar surface area (TPSA) is 59.3 Å². The highest BCUT2D eigenvalue weighted by Gasteiger charge is 2.10. The van der Waals surface area contributed by atoms with Crippen LogP contribution in [-0.4, -0.2) is 20.3 Å². The number of nitrogens with one attached hydrogen (secondary N) is 1. The molecule has 0 fully saturated rings. The van der Waals surface area contributed by atoms with Crippen molar-refractivity contribution in [1.29, 1.82) is 0 Å². The Hall–Kier alpha value is -2.11. The van der Waals surface area contributed by atoms with Crippen LogP contribution in [-0.2, 0) is 17.8 Å². The quantitative estimate of drug-likeness (QED) is 0.798. The number of imidazole rings is 1. The fraction of sp³-hybridized carbons (Fsp3) is 0.133. The third kappa shape index (κ3) is 3.37. The molecule has 7 heteroatoms. The maximum Gasteiger partial charge on any atom is 0.226 e. The van der Waals surface area contributed by atoms with Gasteiger partial charge in [0.05, 0.1) is 34.4 Å². The maximum atomic E-state index is 12.0. The first-order valence-electron chi connectivity index (χ1n) is 6.61. The Morgan fingerprint density at radius 2 is 2.09 bits per heavy atom. The van der Waals surface area contributed by atoms with Crippen LogP contribution in [0.5, 0.6) is 0 Å². The molecule has 22 heavy (non-hydrogen) atoms. The maximum absolute atomic E-state index is 12.0. The van der Waals surface area contributed by atoms with Crippen LogP contribution < -0.4 is 5.32 Å². The lowest BCUT2D eigenvalue weighted by Crippen LogP contribution is -2.25. The molecule has 5 nitrogen and oxygen atoms in total. The van der Waals surface area contributed by atoms with E-state index in [2.05, 4.69) is 15.3 Å². The Balaban J connectivity index is 1.68. The molecule has 0 aromatic carbocycles. The van der Waals surface area contributed by atoms with Crippen molar-refractivity contribution in [1.82, 2.24) is 19.7 Å². The van der Waals surface area contributed by atoms with E-state index in [9.17, 15) is 4.79 Å². The molecule has 3 aromatic heterocycles. The summed E-state index contributed by atoms with van der Waals surface area (Å²) in [7, 11) is 0. The number of fused-ring (bicyclic) bond motifs is 1. The normalized spacial score (nSPS) is 10.8. The van der Waals surface area contributed by atoms with Gasteiger partial charge in [0.15, 0.2) is 5.65 Å². The Labute approximate surface area is 136 Å². The lowest BCUT2D eigenvalue weighted by molar-refractivity contribution is -0.120. The monoisotopic (exact) mass is 334 g/mol. The van der Waals surface area contributed by atoms with E-state index in [1.807, 2.05) is 18.2 Å². The molecule has 0 unspecified atom stereocenters. The summed E-state index contributed by atoms with van der Waals surface area (Å²) in [6, 6.07) is 7.18. The van der Waals surface area contributed by atoms with Gasteiger partial charge in [-0.3, -0.25) is 9.78 Å². The second-order valence-electron chi connectivity index (χ2n) is 4.74. The van der Waals surface area contributed by atoms with Crippen LogP contribution in [0, 0.1) is 0 Å². The lowest BCUT2D eigenvalue weighted by Gasteiger charge is -2.02. The number of amides is 1. The van der Waals surface area contributed by atoms with Crippen LogP contribution in [0.3, 0.4) is 0 Å². The molecule has 112 valence electrons. The molecule has 0 saturated carbocycles. The number of carbonyl (C=O) groups is 1. The van der Waals surface area contributed by atoms with Crippen LogP contribution in [0.2, 0.25) is 10.0 Å². The molecule has 3 aromatic rings. The van der Waals surface area contributed by atoms with Crippen molar-refractivity contribution in [2.45, 2.75) is 13.0 Å². The van der Waals surface area contributed by atoms with Gasteiger partial charge in [0.1, 0.15) is 0 Å². The summed E-state index contributed by atoms with van der Waals surface area (Å²) in [5.41, 5.74) is 2.02. The minimum Gasteiger partial charge on any atom is -0.350 e. The van der Waals surface area contributed by atoms with Gasteiger partial charge in [-0.15, -0.1) is 0 Å². The van der Waals surface area contributed by atoms with Gasteiger partial charge in [0.25, 0.3) is 0 Å². The van der Waals surface area contributed by atoms with Gasteiger partial charge in [-0.25, -0.2) is 4.98 Å². The first kappa shape index (κ1) is 14.8. The zero-order valence-corrected chi connectivity index (χ0v) is 13.0. The lowest BCUT2D eigenvalue weighted by atomic mass is 10.3. The van der Waals surface area contributed by atoms with Crippen molar-refractivity contribution < 1.29 is 4.79 Å². The van der Waals surface area contributed by atoms with Crippen LogP contribution in [0.25, 0.3) is 5.65 Å². The number of nitrogens with zero attached hydrogens (tertiary/aromatic N) is 3. The van der Waals surface area contributed by atoms with Gasteiger partial charge in [-0.2, -0.15) is 0 Å². The van der Waals surface area contributed by atoms with Gasteiger partial charge in [0, 0.05) is 18.6 Å². The van der Waals surface area contributed by atoms with E-state index in [1.54, 1.807) is 29.1 Å². The Morgan fingerprint density at radius 3 is 2.86 bits per heavy atom. The van der Waals surface area contributed by atoms with Gasteiger partial charge in [-0.05, 0) is 18.2 Å². The van der Waals surface area contributed by atoms with Crippen molar-refractivity contribution in [3.05, 3.63) is 64.3 Å². The average Bonchev–Trinajstić information content (AvgIpc) is 2.89. The number of hydrogen-bond donors (Lipinski definition) is 1. The standard InChI is InChI=1S/C15H12Cl2N4O/c16-10-5-13(17)15-20-12(9-21(15)8-10)6-14(22)19-7-11-3-1-2-4-18-11/h1-5,8-9H,6-7H2,(H,19,22). The smallest absolute Gasteiger partial charge is 0.226 e. The molecule has 0 spiro atoms. The first-order valence-corrected chi connectivity index (χ1v) is 7.36. The minimum absolute atomic E-state index is 0.128. The number of rotatable bonds is 4. The zero-order chi connectivity index (χ0) is 15.5. The molecule has 0 aliphatic heterocycles. The fourth-order valence-electron chi connectivity index (χ4n) is 2.08. The van der Waals surface area contributed by atoms with Crippen LogP contribution in [0.15, 0.2) is 42.9 Å². The van der Waals surface area contributed by atoms with Crippen LogP contribution in [0.4, 0.5) is 0 Å². The Morgan fingerprint density at radius 1 is 1.23 bits per heavy atom. The summed E-state index contributed by atoms with van der Waals surface area (Å²) < 4.78 is 1.71. The van der Waals surface area contributed by atoms with Crippen LogP contribution in [0.1, 0.15) is 11.4 Å². The number of carbonyl (C=O) groups excluding carboxylic acids is 1. The third-order valence-electron chi connectivity index (χ3n) is 3.06. The number of pyridine rings is 2. The minimum atomic E-state index is -0.128. The number of hydrogen-bond acceptors (Lipinski definition) is 3. The molecule has 0 atom stereocenters. The fourth-order valence-corrected chi connectivity index (χ4v) is 2.61. The summed E-state index contributed by atoms with van der Waals surface area (Å²) in [6.07, 6.45) is 5.30. The van der Waals surface area contributed by atoms with Gasteiger partial charge >= 0.3 is 0 Å². The molecule has 0 radical (unpaired) electrons. The molecule has 3 heterocycles. The zero-order valence-electron chi connectivity index (χ0n) is 11.5. The molecule has 1 N–H and O–H groups in total. The second-order valence-corrected chi connectivity index (χ2v) is 5.59. The van der Waals surface area contributed by atoms with Gasteiger partial charge in [-0.1, -0.05) is 29.3 Å². The summed E-state index contributed by atoms with van der Waals surface area (Å²) >= 11 is 12.0. The average molecular weight is 335 g/mol. The van der Waals surface area contributed by atoms with E-state index in [1.165, 1.54) is 0 Å². The highest BCUT2D eigenvalue weighted by Crippen LogP contribution is 2.21. The van der Waals surface area contributed by atoms with Crippen molar-refractivity contribution in [2.75, 3.05) is 0 Å². The molecule has 1 amide bonds. The molecule has 0 aliphatic rings. The molecular weight excluding hydrogens is 323 g/mol. The van der Waals surface area contributed by atoms with Crippen LogP contribution >= 0.6 is 23.2 Å². The van der Waals surface area contributed by atoms with Crippen molar-refractivity contribution in [3.8, 4) is 0 Å². The number of halogens is 2. The van der Waals surface area contributed by atoms with E-state index in [0.29, 0.717) is 27.9 Å². The first-order chi connectivity index (χ1) is 10.6. The summed E-state index contributed by atoms with van der Waals surface area (Å²) in [5.74, 6) is -0.128. The molecule has 3 rings (SSSR count). The Kier molecular flexibility index (Phi) is 4.27. The van der Waals surface area contributed by atoms with E-state index >= 15 is 0 Å². The number of aromatic nitrogens is 3. The third-order valence-corrected chi connectivity index (χ3v) is 3.54. The van der Waals surface area contributed by atoms with Crippen molar-refractivity contribution in [3.63, 3.8) is 0 Å². The largest absolute Gasteiger partial charge is 0.350 e. The molecule has 0 bridgehead atoms. The van der Waals surface area contributed by atoms with Gasteiger partial charge in [0.2, 0.25) is 5.91 Å². The van der Waals surface area contributed by atoms with E-state index in [0.717, 1.165) is 5.69 Å². The molecule has 0 saturated heterocycles. The Bertz CT molecular complexity index is 817. The SMILES string of the molecule is O=C(Cc1cn2cc(Cl)cc(Cl)c2n1)NCc1ccccn1. The predicted molar refractivity (Wildman–Crippen MR) is 85.0 cm³/mol. The summed E-state index contributed by atoms with van der Waals surface area (Å²) in [4.78, 5) is 20.5. The van der Waals surface area contributed by atoms with Gasteiger partial charge < -0.3 is 9.72 Å². The second kappa shape index (κ2) is 6.34. The summed E-state index contributed by atoms with van der Waals surface area (Å²) in [5, 5.41) is 3.77. The highest BCUT2D eigenvalue weighted by molar-refractivity contribution is 6.36. The summed E-state index contributed by atoms with van der Waals surface area (Å²) in [6.45, 7) is 0.389. The molecular formula is C15H12Cl2N4O. The molecule has 0 aliphatic carbocycles. The van der Waals surface area contributed by atoms with Crippen molar-refractivity contribution in [2.24, 2.45) is 0 Å². The van der Waals surface area contributed by atoms with E-state index in [4.69, 9.17) is 23.2 Å². The predicted octanol–water partition coefficient (Wildman–Crippen LogP) is 2.90. The van der Waals surface area contributed by atoms with E-state index in [-0.39, 0.29) is 12.3 Å².